The van der Waals surface area contributed by atoms with Gasteiger partial charge < -0.3 is 9.73 Å². The molecule has 4 aromatic rings. The number of nitrogens with one attached hydrogen (secondary N) is 1. The summed E-state index contributed by atoms with van der Waals surface area (Å²) in [7, 11) is 0. The van der Waals surface area contributed by atoms with Gasteiger partial charge in [0, 0.05) is 12.1 Å². The molecule has 0 fully saturated rings. The van der Waals surface area contributed by atoms with Crippen LogP contribution in [-0.2, 0) is 17.6 Å². The molecular weight excluding hydrogens is 324 g/mol. The van der Waals surface area contributed by atoms with E-state index in [-0.39, 0.29) is 5.91 Å². The molecule has 3 aromatic carbocycles. The van der Waals surface area contributed by atoms with Gasteiger partial charge in [-0.2, -0.15) is 0 Å². The first-order valence-corrected chi connectivity index (χ1v) is 8.53. The van der Waals surface area contributed by atoms with Gasteiger partial charge in [0.25, 0.3) is 0 Å². The number of carbonyl (C=O) groups excluding carboxylic acids is 1. The second-order valence-electron chi connectivity index (χ2n) is 6.16. The van der Waals surface area contributed by atoms with Crippen molar-refractivity contribution in [1.82, 2.24) is 4.98 Å². The Balaban J connectivity index is 1.39. The quantitative estimate of drug-likeness (QED) is 0.577. The Labute approximate surface area is 151 Å². The van der Waals surface area contributed by atoms with Crippen LogP contribution in [0.15, 0.2) is 83.3 Å². The Morgan fingerprint density at radius 3 is 2.35 bits per heavy atom. The summed E-state index contributed by atoms with van der Waals surface area (Å²) >= 11 is 0. The number of amides is 1. The van der Waals surface area contributed by atoms with Crippen LogP contribution in [-0.4, -0.2) is 10.9 Å². The Hall–Kier alpha value is -3.40. The number of carbonyl (C=O) groups is 1. The SMILES string of the molecule is O=C(Cc1ccccc1)Nc1ccc(Cc2nc3ccccc3o2)cc1. The summed E-state index contributed by atoms with van der Waals surface area (Å²) in [6.45, 7) is 0. The van der Waals surface area contributed by atoms with Gasteiger partial charge in [-0.25, -0.2) is 4.98 Å². The predicted molar refractivity (Wildman–Crippen MR) is 102 cm³/mol. The Kier molecular flexibility index (Phi) is 4.48. The second kappa shape index (κ2) is 7.23. The minimum absolute atomic E-state index is 0.0251. The molecule has 4 rings (SSSR count). The van der Waals surface area contributed by atoms with Crippen molar-refractivity contribution in [2.45, 2.75) is 12.8 Å². The number of rotatable bonds is 5. The van der Waals surface area contributed by atoms with E-state index in [0.717, 1.165) is 27.9 Å². The van der Waals surface area contributed by atoms with Gasteiger partial charge >= 0.3 is 0 Å². The molecule has 1 heterocycles. The maximum absolute atomic E-state index is 12.1. The third kappa shape index (κ3) is 3.81. The molecule has 0 aliphatic rings. The molecule has 1 aromatic heterocycles. The third-order valence-electron chi connectivity index (χ3n) is 4.14. The maximum atomic E-state index is 12.1. The minimum Gasteiger partial charge on any atom is -0.440 e. The van der Waals surface area contributed by atoms with E-state index in [0.29, 0.717) is 18.7 Å². The molecule has 0 atom stereocenters. The van der Waals surface area contributed by atoms with E-state index in [1.807, 2.05) is 78.9 Å². The molecule has 0 radical (unpaired) electrons. The number of para-hydroxylation sites is 2. The molecule has 1 N–H and O–H groups in total. The molecule has 0 aliphatic heterocycles. The monoisotopic (exact) mass is 342 g/mol. The van der Waals surface area contributed by atoms with Crippen LogP contribution in [0.25, 0.3) is 11.1 Å². The zero-order chi connectivity index (χ0) is 17.8. The molecule has 0 saturated heterocycles. The van der Waals surface area contributed by atoms with Crippen molar-refractivity contribution in [3.8, 4) is 0 Å². The van der Waals surface area contributed by atoms with E-state index in [4.69, 9.17) is 4.42 Å². The number of benzene rings is 3. The van der Waals surface area contributed by atoms with E-state index in [2.05, 4.69) is 10.3 Å². The fourth-order valence-electron chi connectivity index (χ4n) is 2.86. The first-order valence-electron chi connectivity index (χ1n) is 8.53. The number of hydrogen-bond acceptors (Lipinski definition) is 3. The Morgan fingerprint density at radius 1 is 0.846 bits per heavy atom. The van der Waals surface area contributed by atoms with Crippen molar-refractivity contribution in [2.24, 2.45) is 0 Å². The van der Waals surface area contributed by atoms with Crippen molar-refractivity contribution in [2.75, 3.05) is 5.32 Å². The van der Waals surface area contributed by atoms with Crippen LogP contribution in [0.4, 0.5) is 5.69 Å². The minimum atomic E-state index is -0.0251. The first-order chi connectivity index (χ1) is 12.8. The van der Waals surface area contributed by atoms with Crippen molar-refractivity contribution in [3.63, 3.8) is 0 Å². The van der Waals surface area contributed by atoms with Crippen LogP contribution < -0.4 is 5.32 Å². The molecular formula is C22H18N2O2. The number of nitrogens with zero attached hydrogens (tertiary/aromatic N) is 1. The Morgan fingerprint density at radius 2 is 1.58 bits per heavy atom. The smallest absolute Gasteiger partial charge is 0.228 e. The topological polar surface area (TPSA) is 55.1 Å². The van der Waals surface area contributed by atoms with Crippen LogP contribution in [0.3, 0.4) is 0 Å². The second-order valence-corrected chi connectivity index (χ2v) is 6.16. The lowest BCUT2D eigenvalue weighted by molar-refractivity contribution is -0.115. The number of hydrogen-bond donors (Lipinski definition) is 1. The lowest BCUT2D eigenvalue weighted by atomic mass is 10.1. The summed E-state index contributed by atoms with van der Waals surface area (Å²) in [6.07, 6.45) is 0.985. The van der Waals surface area contributed by atoms with Gasteiger partial charge in [0.1, 0.15) is 5.52 Å². The standard InChI is InChI=1S/C22H18N2O2/c25-21(14-16-6-2-1-3-7-16)23-18-12-10-17(11-13-18)15-22-24-19-8-4-5-9-20(19)26-22/h1-13H,14-15H2,(H,23,25). The number of anilines is 1. The summed E-state index contributed by atoms with van der Waals surface area (Å²) in [6, 6.07) is 25.2. The van der Waals surface area contributed by atoms with Gasteiger partial charge in [0.15, 0.2) is 11.5 Å². The highest BCUT2D eigenvalue weighted by Gasteiger charge is 2.07. The van der Waals surface area contributed by atoms with Gasteiger partial charge in [0.2, 0.25) is 5.91 Å². The van der Waals surface area contributed by atoms with Crippen LogP contribution in [0.1, 0.15) is 17.0 Å². The molecule has 0 bridgehead atoms. The molecule has 0 saturated carbocycles. The predicted octanol–water partition coefficient (Wildman–Crippen LogP) is 4.60. The highest BCUT2D eigenvalue weighted by Crippen LogP contribution is 2.18. The lowest BCUT2D eigenvalue weighted by Crippen LogP contribution is -2.14. The highest BCUT2D eigenvalue weighted by molar-refractivity contribution is 5.92. The van der Waals surface area contributed by atoms with E-state index in [1.165, 1.54) is 0 Å². The summed E-state index contributed by atoms with van der Waals surface area (Å²) in [5.41, 5.74) is 4.53. The maximum Gasteiger partial charge on any atom is 0.228 e. The average Bonchev–Trinajstić information content (AvgIpc) is 3.06. The fraction of sp³-hybridized carbons (Fsp3) is 0.0909. The third-order valence-corrected chi connectivity index (χ3v) is 4.14. The molecule has 4 nitrogen and oxygen atoms in total. The molecule has 4 heteroatoms. The number of fused-ring (bicyclic) bond motifs is 1. The van der Waals surface area contributed by atoms with Crippen LogP contribution in [0.2, 0.25) is 0 Å². The molecule has 128 valence electrons. The lowest BCUT2D eigenvalue weighted by Gasteiger charge is -2.06. The Bertz CT molecular complexity index is 988. The average molecular weight is 342 g/mol. The van der Waals surface area contributed by atoms with Crippen molar-refractivity contribution >= 4 is 22.7 Å². The molecule has 26 heavy (non-hydrogen) atoms. The van der Waals surface area contributed by atoms with Crippen molar-refractivity contribution in [1.29, 1.82) is 0 Å². The van der Waals surface area contributed by atoms with Gasteiger partial charge in [-0.1, -0.05) is 54.6 Å². The number of aromatic nitrogens is 1. The first kappa shape index (κ1) is 16.1. The molecule has 0 unspecified atom stereocenters. The van der Waals surface area contributed by atoms with Gasteiger partial charge in [-0.3, -0.25) is 4.79 Å². The summed E-state index contributed by atoms with van der Waals surface area (Å²) in [5, 5.41) is 2.92. The summed E-state index contributed by atoms with van der Waals surface area (Å²) in [5.74, 6) is 0.662. The fourth-order valence-corrected chi connectivity index (χ4v) is 2.86. The van der Waals surface area contributed by atoms with E-state index in [9.17, 15) is 4.79 Å². The van der Waals surface area contributed by atoms with Crippen molar-refractivity contribution < 1.29 is 9.21 Å². The normalized spacial score (nSPS) is 10.8. The highest BCUT2D eigenvalue weighted by atomic mass is 16.3. The summed E-state index contributed by atoms with van der Waals surface area (Å²) < 4.78 is 5.75. The van der Waals surface area contributed by atoms with Crippen molar-refractivity contribution in [3.05, 3.63) is 95.9 Å². The molecule has 0 spiro atoms. The van der Waals surface area contributed by atoms with Gasteiger partial charge in [-0.15, -0.1) is 0 Å². The number of oxazole rings is 1. The van der Waals surface area contributed by atoms with E-state index in [1.54, 1.807) is 0 Å². The van der Waals surface area contributed by atoms with Crippen LogP contribution in [0, 0.1) is 0 Å². The van der Waals surface area contributed by atoms with Gasteiger partial charge in [0.05, 0.1) is 6.42 Å². The molecule has 0 aliphatic carbocycles. The van der Waals surface area contributed by atoms with Gasteiger partial charge in [-0.05, 0) is 35.4 Å². The summed E-state index contributed by atoms with van der Waals surface area (Å²) in [4.78, 5) is 16.6. The largest absolute Gasteiger partial charge is 0.440 e. The zero-order valence-corrected chi connectivity index (χ0v) is 14.2. The van der Waals surface area contributed by atoms with E-state index < -0.39 is 0 Å². The van der Waals surface area contributed by atoms with Crippen LogP contribution >= 0.6 is 0 Å². The molecule has 1 amide bonds. The zero-order valence-electron chi connectivity index (χ0n) is 14.2. The van der Waals surface area contributed by atoms with Crippen LogP contribution in [0.5, 0.6) is 0 Å². The van der Waals surface area contributed by atoms with E-state index >= 15 is 0 Å².